The number of hydrogen-bond donors (Lipinski definition) is 1. The highest BCUT2D eigenvalue weighted by Gasteiger charge is 2.45. The molecule has 19 heavy (non-hydrogen) atoms. The van der Waals surface area contributed by atoms with E-state index in [9.17, 15) is 9.90 Å². The van der Waals surface area contributed by atoms with Crippen molar-refractivity contribution in [1.29, 1.82) is 0 Å². The second-order valence-corrected chi connectivity index (χ2v) is 6.47. The topological polar surface area (TPSA) is 40.5 Å². The molecule has 0 aromatic heterocycles. The Morgan fingerprint density at radius 2 is 1.84 bits per heavy atom. The molecule has 3 rings (SSSR count). The molecule has 1 heterocycles. The molecule has 3 nitrogen and oxygen atoms in total. The lowest BCUT2D eigenvalue weighted by Gasteiger charge is -2.29. The number of benzene rings is 1. The van der Waals surface area contributed by atoms with Crippen LogP contribution in [0.25, 0.3) is 0 Å². The Morgan fingerprint density at radius 3 is 2.47 bits per heavy atom. The van der Waals surface area contributed by atoms with Gasteiger partial charge < -0.3 is 10.0 Å². The maximum atomic E-state index is 12.4. The van der Waals surface area contributed by atoms with Gasteiger partial charge >= 0.3 is 0 Å². The predicted molar refractivity (Wildman–Crippen MR) is 76.8 cm³/mol. The first-order valence-corrected chi connectivity index (χ1v) is 7.67. The molecule has 0 unspecified atom stereocenters. The van der Waals surface area contributed by atoms with Crippen LogP contribution in [0.1, 0.15) is 30.7 Å². The highest BCUT2D eigenvalue weighted by Crippen LogP contribution is 2.48. The Balaban J connectivity index is 1.60. The van der Waals surface area contributed by atoms with Crippen molar-refractivity contribution in [1.82, 2.24) is 4.90 Å². The lowest BCUT2D eigenvalue weighted by molar-refractivity contribution is -0.134. The van der Waals surface area contributed by atoms with Gasteiger partial charge in [-0.3, -0.25) is 4.79 Å². The van der Waals surface area contributed by atoms with Crippen LogP contribution in [0, 0.1) is 5.92 Å². The molecule has 2 fully saturated rings. The molecule has 1 N–H and O–H groups in total. The summed E-state index contributed by atoms with van der Waals surface area (Å²) in [6.07, 6.45) is 2.20. The first kappa shape index (κ1) is 13.1. The Morgan fingerprint density at radius 1 is 1.21 bits per heavy atom. The molecule has 1 aliphatic carbocycles. The van der Waals surface area contributed by atoms with Crippen molar-refractivity contribution in [3.63, 3.8) is 0 Å². The molecule has 1 aromatic rings. The van der Waals surface area contributed by atoms with Crippen LogP contribution in [0.2, 0.25) is 0 Å². The van der Waals surface area contributed by atoms with Gasteiger partial charge in [-0.1, -0.05) is 28.1 Å². The second-order valence-electron chi connectivity index (χ2n) is 5.56. The van der Waals surface area contributed by atoms with Gasteiger partial charge in [0, 0.05) is 23.5 Å². The average molecular weight is 324 g/mol. The zero-order chi connectivity index (χ0) is 13.4. The van der Waals surface area contributed by atoms with Gasteiger partial charge in [0.2, 0.25) is 5.91 Å². The van der Waals surface area contributed by atoms with E-state index < -0.39 is 0 Å². The van der Waals surface area contributed by atoms with Crippen molar-refractivity contribution >= 4 is 21.8 Å². The predicted octanol–water partition coefficient (Wildman–Crippen LogP) is 2.54. The number of aliphatic hydroxyl groups excluding tert-OH is 1. The highest BCUT2D eigenvalue weighted by atomic mass is 79.9. The second kappa shape index (κ2) is 5.25. The lowest BCUT2D eigenvalue weighted by atomic mass is 10.1. The van der Waals surface area contributed by atoms with Gasteiger partial charge in [-0.05, 0) is 42.9 Å². The number of piperidine rings is 1. The largest absolute Gasteiger partial charge is 0.393 e. The summed E-state index contributed by atoms with van der Waals surface area (Å²) in [5.74, 6) is 0.837. The van der Waals surface area contributed by atoms with Crippen molar-refractivity contribution in [2.75, 3.05) is 13.1 Å². The average Bonchev–Trinajstić information content (AvgIpc) is 3.20. The Hall–Kier alpha value is -0.870. The summed E-state index contributed by atoms with van der Waals surface area (Å²) in [4.78, 5) is 14.3. The van der Waals surface area contributed by atoms with Crippen LogP contribution in [-0.4, -0.2) is 35.1 Å². The number of nitrogens with zero attached hydrogens (tertiary/aromatic N) is 1. The number of rotatable bonds is 2. The summed E-state index contributed by atoms with van der Waals surface area (Å²) in [5.41, 5.74) is 1.26. The fraction of sp³-hybridized carbons (Fsp3) is 0.533. The molecular weight excluding hydrogens is 306 g/mol. The molecule has 1 aliphatic heterocycles. The van der Waals surface area contributed by atoms with Crippen LogP contribution in [-0.2, 0) is 4.79 Å². The van der Waals surface area contributed by atoms with Crippen molar-refractivity contribution in [2.45, 2.75) is 31.3 Å². The number of aliphatic hydroxyl groups is 1. The Bertz CT molecular complexity index is 466. The molecule has 1 saturated carbocycles. The normalized spacial score (nSPS) is 27.4. The van der Waals surface area contributed by atoms with Gasteiger partial charge in [0.05, 0.1) is 6.10 Å². The van der Waals surface area contributed by atoms with Crippen molar-refractivity contribution in [3.8, 4) is 0 Å². The van der Waals surface area contributed by atoms with Crippen LogP contribution in [0.15, 0.2) is 28.7 Å². The molecule has 1 saturated heterocycles. The summed E-state index contributed by atoms with van der Waals surface area (Å²) >= 11 is 3.43. The van der Waals surface area contributed by atoms with Crippen LogP contribution >= 0.6 is 15.9 Å². The van der Waals surface area contributed by atoms with E-state index in [0.29, 0.717) is 19.0 Å². The fourth-order valence-corrected chi connectivity index (χ4v) is 3.13. The van der Waals surface area contributed by atoms with E-state index in [1.807, 2.05) is 17.0 Å². The molecule has 2 atom stereocenters. The Kier molecular flexibility index (Phi) is 3.63. The quantitative estimate of drug-likeness (QED) is 0.908. The molecule has 102 valence electrons. The fourth-order valence-electron chi connectivity index (χ4n) is 2.87. The monoisotopic (exact) mass is 323 g/mol. The van der Waals surface area contributed by atoms with Crippen LogP contribution < -0.4 is 0 Å². The number of carbonyl (C=O) groups excluding carboxylic acids is 1. The van der Waals surface area contributed by atoms with E-state index in [1.165, 1.54) is 5.56 Å². The SMILES string of the molecule is O=C([C@@H]1C[C@H]1c1ccc(Br)cc1)N1CCC(O)CC1. The van der Waals surface area contributed by atoms with Crippen molar-refractivity contribution in [2.24, 2.45) is 5.92 Å². The standard InChI is InChI=1S/C15H18BrNO2/c16-11-3-1-10(2-4-11)13-9-14(13)15(19)17-7-5-12(18)6-8-17/h1-4,12-14,18H,5-9H2/t13-,14+/m0/s1. The minimum atomic E-state index is -0.217. The zero-order valence-electron chi connectivity index (χ0n) is 10.8. The third-order valence-corrected chi connectivity index (χ3v) is 4.71. The maximum Gasteiger partial charge on any atom is 0.226 e. The van der Waals surface area contributed by atoms with Gasteiger partial charge in [0.1, 0.15) is 0 Å². The van der Waals surface area contributed by atoms with Crippen molar-refractivity contribution < 1.29 is 9.90 Å². The first-order valence-electron chi connectivity index (χ1n) is 6.87. The molecule has 0 spiro atoms. The van der Waals surface area contributed by atoms with Crippen molar-refractivity contribution in [3.05, 3.63) is 34.3 Å². The van der Waals surface area contributed by atoms with Crippen LogP contribution in [0.3, 0.4) is 0 Å². The molecule has 1 amide bonds. The van der Waals surface area contributed by atoms with Gasteiger partial charge in [-0.2, -0.15) is 0 Å². The number of likely N-dealkylation sites (tertiary alicyclic amines) is 1. The Labute approximate surface area is 121 Å². The summed E-state index contributed by atoms with van der Waals surface area (Å²) in [7, 11) is 0. The highest BCUT2D eigenvalue weighted by molar-refractivity contribution is 9.10. The summed E-state index contributed by atoms with van der Waals surface area (Å²) < 4.78 is 1.07. The molecule has 0 bridgehead atoms. The number of hydrogen-bond acceptors (Lipinski definition) is 2. The van der Waals surface area contributed by atoms with Crippen LogP contribution in [0.5, 0.6) is 0 Å². The number of halogens is 1. The molecule has 1 aromatic carbocycles. The number of carbonyl (C=O) groups is 1. The van der Waals surface area contributed by atoms with E-state index in [0.717, 1.165) is 23.7 Å². The summed E-state index contributed by atoms with van der Waals surface area (Å²) in [6.45, 7) is 1.42. The van der Waals surface area contributed by atoms with E-state index in [4.69, 9.17) is 0 Å². The van der Waals surface area contributed by atoms with Gasteiger partial charge in [0.25, 0.3) is 0 Å². The van der Waals surface area contributed by atoms with Crippen LogP contribution in [0.4, 0.5) is 0 Å². The van der Waals surface area contributed by atoms with E-state index >= 15 is 0 Å². The smallest absolute Gasteiger partial charge is 0.226 e. The minimum absolute atomic E-state index is 0.163. The van der Waals surface area contributed by atoms with E-state index in [2.05, 4.69) is 28.1 Å². The molecule has 4 heteroatoms. The third kappa shape index (κ3) is 2.84. The zero-order valence-corrected chi connectivity index (χ0v) is 12.3. The number of amides is 1. The van der Waals surface area contributed by atoms with Gasteiger partial charge in [0.15, 0.2) is 0 Å². The maximum absolute atomic E-state index is 12.4. The molecule has 2 aliphatic rings. The molecular formula is C15H18BrNO2. The third-order valence-electron chi connectivity index (χ3n) is 4.18. The minimum Gasteiger partial charge on any atom is -0.393 e. The molecule has 0 radical (unpaired) electrons. The van der Waals surface area contributed by atoms with E-state index in [-0.39, 0.29) is 17.9 Å². The van der Waals surface area contributed by atoms with Gasteiger partial charge in [-0.15, -0.1) is 0 Å². The van der Waals surface area contributed by atoms with Gasteiger partial charge in [-0.25, -0.2) is 0 Å². The first-order chi connectivity index (χ1) is 9.15. The lowest BCUT2D eigenvalue weighted by Crippen LogP contribution is -2.41. The summed E-state index contributed by atoms with van der Waals surface area (Å²) in [6, 6.07) is 8.27. The van der Waals surface area contributed by atoms with E-state index in [1.54, 1.807) is 0 Å². The summed E-state index contributed by atoms with van der Waals surface area (Å²) in [5, 5.41) is 9.48.